The van der Waals surface area contributed by atoms with Gasteiger partial charge in [-0.1, -0.05) is 0 Å². The van der Waals surface area contributed by atoms with Crippen LogP contribution in [0.15, 0.2) is 6.33 Å². The van der Waals surface area contributed by atoms with Crippen molar-refractivity contribution in [2.75, 3.05) is 44.7 Å². The molecule has 1 aromatic rings. The zero-order chi connectivity index (χ0) is 18.4. The monoisotopic (exact) mass is 437 g/mol. The molecule has 0 saturated carbocycles. The fourth-order valence-corrected chi connectivity index (χ4v) is 3.78. The topological polar surface area (TPSA) is 110 Å². The number of nitrogens with zero attached hydrogens (tertiary/aromatic N) is 4. The molecule has 2 aliphatic heterocycles. The fraction of sp³-hybridized carbons (Fsp3) is 0.824. The lowest BCUT2D eigenvalue weighted by molar-refractivity contribution is -0.125. The Morgan fingerprint density at radius 1 is 1.21 bits per heavy atom. The van der Waals surface area contributed by atoms with E-state index >= 15 is 0 Å². The Morgan fingerprint density at radius 2 is 1.96 bits per heavy atom. The molecule has 0 spiro atoms. The van der Waals surface area contributed by atoms with E-state index in [1.54, 1.807) is 4.68 Å². The Labute approximate surface area is 179 Å². The van der Waals surface area contributed by atoms with E-state index in [1.807, 2.05) is 7.05 Å². The first-order valence-corrected chi connectivity index (χ1v) is 9.56. The van der Waals surface area contributed by atoms with Crippen molar-refractivity contribution in [3.63, 3.8) is 0 Å². The number of aromatic nitrogens is 3. The van der Waals surface area contributed by atoms with Gasteiger partial charge < -0.3 is 21.1 Å². The number of likely N-dealkylation sites (tertiary alicyclic amines) is 1. The zero-order valence-corrected chi connectivity index (χ0v) is 18.0. The van der Waals surface area contributed by atoms with E-state index < -0.39 is 0 Å². The molecular formula is C17H33Cl2N7O2. The second-order valence-electron chi connectivity index (χ2n) is 7.26. The van der Waals surface area contributed by atoms with E-state index in [2.05, 4.69) is 25.6 Å². The van der Waals surface area contributed by atoms with E-state index in [1.165, 1.54) is 6.33 Å². The molecule has 0 bridgehead atoms. The number of aryl methyl sites for hydroxylation is 1. The van der Waals surface area contributed by atoms with Gasteiger partial charge >= 0.3 is 0 Å². The molecule has 0 aliphatic carbocycles. The molecule has 3 heterocycles. The molecule has 0 unspecified atom stereocenters. The number of halogens is 2. The van der Waals surface area contributed by atoms with Crippen LogP contribution >= 0.6 is 24.8 Å². The Kier molecular flexibility index (Phi) is 11.1. The summed E-state index contributed by atoms with van der Waals surface area (Å²) in [5.41, 5.74) is 6.25. The molecule has 1 aromatic heterocycles. The molecule has 0 aromatic carbocycles. The number of carbonyl (C=O) groups excluding carboxylic acids is 1. The minimum Gasteiger partial charge on any atom is -0.381 e. The first-order chi connectivity index (χ1) is 12.6. The number of anilines is 1. The van der Waals surface area contributed by atoms with Gasteiger partial charge in [0.2, 0.25) is 11.9 Å². The minimum atomic E-state index is 0. The number of hydrogen-bond acceptors (Lipinski definition) is 7. The second kappa shape index (κ2) is 12.4. The third-order valence-corrected chi connectivity index (χ3v) is 5.31. The number of nitrogens with one attached hydrogen (secondary N) is 2. The van der Waals surface area contributed by atoms with Crippen LogP contribution in [0.25, 0.3) is 0 Å². The molecule has 162 valence electrons. The minimum absolute atomic E-state index is 0. The molecule has 2 fully saturated rings. The first-order valence-electron chi connectivity index (χ1n) is 9.56. The van der Waals surface area contributed by atoms with Crippen molar-refractivity contribution in [2.24, 2.45) is 18.7 Å². The van der Waals surface area contributed by atoms with Crippen LogP contribution < -0.4 is 16.4 Å². The summed E-state index contributed by atoms with van der Waals surface area (Å²) in [6, 6.07) is 0.633. The van der Waals surface area contributed by atoms with Gasteiger partial charge in [-0.15, -0.1) is 24.8 Å². The maximum atomic E-state index is 12.6. The molecule has 0 radical (unpaired) electrons. The Balaban J connectivity index is 0.00000196. The molecule has 3 rings (SSSR count). The second-order valence-corrected chi connectivity index (χ2v) is 7.26. The lowest BCUT2D eigenvalue weighted by Crippen LogP contribution is -2.47. The number of hydrogen-bond donors (Lipinski definition) is 3. The Hall–Kier alpha value is -1.13. The number of rotatable bonds is 6. The molecule has 9 nitrogen and oxygen atoms in total. The zero-order valence-electron chi connectivity index (χ0n) is 16.4. The standard InChI is InChI=1S/C17H31N7O2.2ClH/c1-23-17(21-12-22-23)20-7-6-19-16(25)13-2-3-14(18)11-24(10-13)15-4-8-26-9-5-15;;/h12-15H,2-11,18H2,1H3,(H,19,25)(H,20,21,22);2*1H/t13-,14+;;/m1../s1. The molecular weight excluding hydrogens is 405 g/mol. The summed E-state index contributed by atoms with van der Waals surface area (Å²) >= 11 is 0. The molecule has 11 heteroatoms. The van der Waals surface area contributed by atoms with E-state index in [-0.39, 0.29) is 42.7 Å². The molecule has 2 atom stereocenters. The van der Waals surface area contributed by atoms with Gasteiger partial charge in [-0.25, -0.2) is 4.68 Å². The van der Waals surface area contributed by atoms with E-state index in [4.69, 9.17) is 10.5 Å². The van der Waals surface area contributed by atoms with E-state index in [0.717, 1.165) is 52.0 Å². The lowest BCUT2D eigenvalue weighted by atomic mass is 10.0. The van der Waals surface area contributed by atoms with Crippen LogP contribution in [0.1, 0.15) is 25.7 Å². The number of carbonyl (C=O) groups is 1. The van der Waals surface area contributed by atoms with Gasteiger partial charge in [0.05, 0.1) is 5.92 Å². The van der Waals surface area contributed by atoms with Crippen molar-refractivity contribution >= 4 is 36.7 Å². The highest BCUT2D eigenvalue weighted by Crippen LogP contribution is 2.22. The van der Waals surface area contributed by atoms with Crippen molar-refractivity contribution in [1.82, 2.24) is 25.0 Å². The van der Waals surface area contributed by atoms with Gasteiger partial charge in [0, 0.05) is 58.5 Å². The molecule has 2 aliphatic rings. The van der Waals surface area contributed by atoms with Gasteiger partial charge in [0.25, 0.3) is 0 Å². The molecule has 4 N–H and O–H groups in total. The maximum absolute atomic E-state index is 12.6. The third kappa shape index (κ3) is 7.04. The van der Waals surface area contributed by atoms with Crippen molar-refractivity contribution in [3.8, 4) is 0 Å². The van der Waals surface area contributed by atoms with Crippen molar-refractivity contribution in [3.05, 3.63) is 6.33 Å². The predicted octanol–water partition coefficient (Wildman–Crippen LogP) is 0.405. The summed E-state index contributed by atoms with van der Waals surface area (Å²) in [5.74, 6) is 0.822. The van der Waals surface area contributed by atoms with Crippen LogP contribution in [0.4, 0.5) is 5.95 Å². The summed E-state index contributed by atoms with van der Waals surface area (Å²) in [6.45, 7) is 4.46. The van der Waals surface area contributed by atoms with Gasteiger partial charge in [-0.3, -0.25) is 9.69 Å². The SMILES string of the molecule is Cl.Cl.Cn1ncnc1NCCNC(=O)[C@@H]1CC[C@H](N)CN(C2CCOCC2)C1. The normalized spacial score (nSPS) is 23.8. The van der Waals surface area contributed by atoms with Crippen molar-refractivity contribution in [1.29, 1.82) is 0 Å². The van der Waals surface area contributed by atoms with Crippen LogP contribution in [0.3, 0.4) is 0 Å². The molecule has 28 heavy (non-hydrogen) atoms. The van der Waals surface area contributed by atoms with Crippen LogP contribution in [0, 0.1) is 5.92 Å². The highest BCUT2D eigenvalue weighted by molar-refractivity contribution is 5.85. The fourth-order valence-electron chi connectivity index (χ4n) is 3.78. The summed E-state index contributed by atoms with van der Waals surface area (Å²) in [4.78, 5) is 19.2. The van der Waals surface area contributed by atoms with Crippen molar-refractivity contribution < 1.29 is 9.53 Å². The quantitative estimate of drug-likeness (QED) is 0.552. The molecule has 1 amide bonds. The van der Waals surface area contributed by atoms with Gasteiger partial charge in [0.15, 0.2) is 0 Å². The molecule has 2 saturated heterocycles. The van der Waals surface area contributed by atoms with Crippen LogP contribution in [0.2, 0.25) is 0 Å². The van der Waals surface area contributed by atoms with Crippen molar-refractivity contribution in [2.45, 2.75) is 37.8 Å². The van der Waals surface area contributed by atoms with Crippen LogP contribution in [-0.2, 0) is 16.6 Å². The lowest BCUT2D eigenvalue weighted by Gasteiger charge is -2.35. The predicted molar refractivity (Wildman–Crippen MR) is 113 cm³/mol. The van der Waals surface area contributed by atoms with Crippen LogP contribution in [-0.4, -0.2) is 77.0 Å². The summed E-state index contributed by atoms with van der Waals surface area (Å²) in [6.07, 6.45) is 5.31. The summed E-state index contributed by atoms with van der Waals surface area (Å²) in [5, 5.41) is 10.2. The Morgan fingerprint density at radius 3 is 2.64 bits per heavy atom. The highest BCUT2D eigenvalue weighted by Gasteiger charge is 2.31. The van der Waals surface area contributed by atoms with Gasteiger partial charge in [-0.2, -0.15) is 10.1 Å². The number of nitrogens with two attached hydrogens (primary N) is 1. The van der Waals surface area contributed by atoms with Crippen LogP contribution in [0.5, 0.6) is 0 Å². The Bertz CT molecular complexity index is 584. The smallest absolute Gasteiger partial charge is 0.224 e. The average Bonchev–Trinajstić information content (AvgIpc) is 2.95. The summed E-state index contributed by atoms with van der Waals surface area (Å²) < 4.78 is 7.14. The summed E-state index contributed by atoms with van der Waals surface area (Å²) in [7, 11) is 1.83. The first kappa shape index (κ1) is 24.9. The number of amides is 1. The maximum Gasteiger partial charge on any atom is 0.224 e. The van der Waals surface area contributed by atoms with E-state index in [9.17, 15) is 4.79 Å². The van der Waals surface area contributed by atoms with E-state index in [0.29, 0.717) is 25.1 Å². The number of ether oxygens (including phenoxy) is 1. The van der Waals surface area contributed by atoms with Gasteiger partial charge in [-0.05, 0) is 25.7 Å². The van der Waals surface area contributed by atoms with Gasteiger partial charge in [0.1, 0.15) is 6.33 Å². The average molecular weight is 438 g/mol. The highest BCUT2D eigenvalue weighted by atomic mass is 35.5. The largest absolute Gasteiger partial charge is 0.381 e. The third-order valence-electron chi connectivity index (χ3n) is 5.31.